The molecule has 14 heavy (non-hydrogen) atoms. The first-order valence-electron chi connectivity index (χ1n) is 5.22. The van der Waals surface area contributed by atoms with Gasteiger partial charge in [0, 0.05) is 25.0 Å². The van der Waals surface area contributed by atoms with E-state index in [1.165, 1.54) is 6.42 Å². The van der Waals surface area contributed by atoms with Crippen molar-refractivity contribution in [3.63, 3.8) is 0 Å². The standard InChI is InChI=1S/C10H21N3O/c1-13(2)7-6-12-9(14)8-10(11)4-3-5-10/h3-8,11H2,1-2H3,(H,12,14). The van der Waals surface area contributed by atoms with Gasteiger partial charge in [0.15, 0.2) is 0 Å². The van der Waals surface area contributed by atoms with Gasteiger partial charge in [-0.05, 0) is 33.4 Å². The Bertz CT molecular complexity index is 200. The van der Waals surface area contributed by atoms with Crippen molar-refractivity contribution in [1.82, 2.24) is 10.2 Å². The molecule has 0 heterocycles. The van der Waals surface area contributed by atoms with Crippen LogP contribution in [-0.4, -0.2) is 43.5 Å². The molecule has 0 unspecified atom stereocenters. The van der Waals surface area contributed by atoms with Crippen LogP contribution in [0, 0.1) is 0 Å². The van der Waals surface area contributed by atoms with E-state index in [4.69, 9.17) is 5.73 Å². The molecule has 82 valence electrons. The van der Waals surface area contributed by atoms with Crippen molar-refractivity contribution in [3.8, 4) is 0 Å². The molecule has 0 saturated heterocycles. The van der Waals surface area contributed by atoms with Gasteiger partial charge in [-0.2, -0.15) is 0 Å². The number of rotatable bonds is 5. The molecule has 1 fully saturated rings. The Hall–Kier alpha value is -0.610. The highest BCUT2D eigenvalue weighted by Crippen LogP contribution is 2.31. The van der Waals surface area contributed by atoms with Crippen molar-refractivity contribution in [2.75, 3.05) is 27.2 Å². The van der Waals surface area contributed by atoms with Crippen LogP contribution in [0.2, 0.25) is 0 Å². The van der Waals surface area contributed by atoms with Gasteiger partial charge in [0.1, 0.15) is 0 Å². The number of hydrogen-bond acceptors (Lipinski definition) is 3. The van der Waals surface area contributed by atoms with Crippen LogP contribution in [0.5, 0.6) is 0 Å². The molecule has 0 atom stereocenters. The molecular weight excluding hydrogens is 178 g/mol. The molecule has 1 rings (SSSR count). The van der Waals surface area contributed by atoms with E-state index < -0.39 is 0 Å². The van der Waals surface area contributed by atoms with Crippen LogP contribution < -0.4 is 11.1 Å². The van der Waals surface area contributed by atoms with Gasteiger partial charge in [0.05, 0.1) is 0 Å². The summed E-state index contributed by atoms with van der Waals surface area (Å²) >= 11 is 0. The molecule has 1 saturated carbocycles. The van der Waals surface area contributed by atoms with E-state index in [1.54, 1.807) is 0 Å². The van der Waals surface area contributed by atoms with Crippen LogP contribution in [0.4, 0.5) is 0 Å². The summed E-state index contributed by atoms with van der Waals surface area (Å²) < 4.78 is 0. The normalized spacial score (nSPS) is 19.1. The van der Waals surface area contributed by atoms with Crippen LogP contribution in [-0.2, 0) is 4.79 Å². The number of amides is 1. The predicted octanol–water partition coefficient (Wildman–Crippen LogP) is -0.0643. The Kier molecular flexibility index (Phi) is 3.89. The third-order valence-electron chi connectivity index (χ3n) is 2.74. The number of carbonyl (C=O) groups is 1. The maximum absolute atomic E-state index is 11.4. The van der Waals surface area contributed by atoms with E-state index in [0.717, 1.165) is 19.4 Å². The predicted molar refractivity (Wildman–Crippen MR) is 57.0 cm³/mol. The molecule has 0 bridgehead atoms. The Balaban J connectivity index is 2.10. The first-order valence-corrected chi connectivity index (χ1v) is 5.22. The largest absolute Gasteiger partial charge is 0.355 e. The smallest absolute Gasteiger partial charge is 0.221 e. The molecule has 0 radical (unpaired) electrons. The summed E-state index contributed by atoms with van der Waals surface area (Å²) in [5.74, 6) is 0.0917. The number of carbonyl (C=O) groups excluding carboxylic acids is 1. The highest BCUT2D eigenvalue weighted by atomic mass is 16.1. The van der Waals surface area contributed by atoms with Gasteiger partial charge in [-0.15, -0.1) is 0 Å². The Labute approximate surface area is 85.8 Å². The molecule has 0 spiro atoms. The summed E-state index contributed by atoms with van der Waals surface area (Å²) in [5, 5.41) is 2.88. The Morgan fingerprint density at radius 3 is 2.57 bits per heavy atom. The molecule has 0 aromatic carbocycles. The number of nitrogens with zero attached hydrogens (tertiary/aromatic N) is 1. The van der Waals surface area contributed by atoms with Crippen molar-refractivity contribution in [1.29, 1.82) is 0 Å². The van der Waals surface area contributed by atoms with E-state index in [2.05, 4.69) is 5.32 Å². The van der Waals surface area contributed by atoms with Crippen LogP contribution in [0.3, 0.4) is 0 Å². The highest BCUT2D eigenvalue weighted by Gasteiger charge is 2.34. The maximum Gasteiger partial charge on any atom is 0.221 e. The lowest BCUT2D eigenvalue weighted by Crippen LogP contribution is -2.50. The summed E-state index contributed by atoms with van der Waals surface area (Å²) in [7, 11) is 3.98. The molecule has 1 aliphatic carbocycles. The monoisotopic (exact) mass is 199 g/mol. The average Bonchev–Trinajstić information content (AvgIpc) is 2.00. The molecule has 4 heteroatoms. The Morgan fingerprint density at radius 2 is 2.14 bits per heavy atom. The molecule has 1 aliphatic rings. The first-order chi connectivity index (χ1) is 6.52. The van der Waals surface area contributed by atoms with Crippen molar-refractivity contribution in [2.45, 2.75) is 31.2 Å². The van der Waals surface area contributed by atoms with Crippen LogP contribution >= 0.6 is 0 Å². The number of likely N-dealkylation sites (N-methyl/N-ethyl adjacent to an activating group) is 1. The molecular formula is C10H21N3O. The van der Waals surface area contributed by atoms with Crippen LogP contribution in [0.25, 0.3) is 0 Å². The zero-order valence-electron chi connectivity index (χ0n) is 9.18. The fraction of sp³-hybridized carbons (Fsp3) is 0.900. The van der Waals surface area contributed by atoms with Crippen molar-refractivity contribution < 1.29 is 4.79 Å². The van der Waals surface area contributed by atoms with Gasteiger partial charge in [-0.3, -0.25) is 4.79 Å². The van der Waals surface area contributed by atoms with Crippen LogP contribution in [0.1, 0.15) is 25.7 Å². The van der Waals surface area contributed by atoms with E-state index in [0.29, 0.717) is 13.0 Å². The topological polar surface area (TPSA) is 58.4 Å². The van der Waals surface area contributed by atoms with Gasteiger partial charge < -0.3 is 16.0 Å². The summed E-state index contributed by atoms with van der Waals surface area (Å²) in [6, 6.07) is 0. The lowest BCUT2D eigenvalue weighted by molar-refractivity contribution is -0.123. The van der Waals surface area contributed by atoms with E-state index in [9.17, 15) is 4.79 Å². The zero-order valence-corrected chi connectivity index (χ0v) is 9.18. The SMILES string of the molecule is CN(C)CCNC(=O)CC1(N)CCC1. The summed E-state index contributed by atoms with van der Waals surface area (Å²) in [5.41, 5.74) is 5.77. The second-order valence-corrected chi connectivity index (χ2v) is 4.55. The summed E-state index contributed by atoms with van der Waals surface area (Å²) in [4.78, 5) is 13.5. The fourth-order valence-corrected chi connectivity index (χ4v) is 1.61. The number of nitrogens with one attached hydrogen (secondary N) is 1. The molecule has 0 aromatic heterocycles. The van der Waals surface area contributed by atoms with Gasteiger partial charge in [0.2, 0.25) is 5.91 Å². The highest BCUT2D eigenvalue weighted by molar-refractivity contribution is 5.77. The summed E-state index contributed by atoms with van der Waals surface area (Å²) in [6.07, 6.45) is 3.64. The number of nitrogens with two attached hydrogens (primary N) is 1. The lowest BCUT2D eigenvalue weighted by atomic mass is 9.75. The Morgan fingerprint density at radius 1 is 1.50 bits per heavy atom. The van der Waals surface area contributed by atoms with Crippen molar-refractivity contribution in [3.05, 3.63) is 0 Å². The van der Waals surface area contributed by atoms with Crippen LogP contribution in [0.15, 0.2) is 0 Å². The average molecular weight is 199 g/mol. The third kappa shape index (κ3) is 3.64. The second-order valence-electron chi connectivity index (χ2n) is 4.55. The van der Waals surface area contributed by atoms with E-state index in [1.807, 2.05) is 19.0 Å². The zero-order chi connectivity index (χ0) is 10.6. The molecule has 0 aliphatic heterocycles. The minimum Gasteiger partial charge on any atom is -0.355 e. The van der Waals surface area contributed by atoms with Crippen molar-refractivity contribution >= 4 is 5.91 Å². The molecule has 3 N–H and O–H groups in total. The van der Waals surface area contributed by atoms with E-state index in [-0.39, 0.29) is 11.4 Å². The molecule has 0 aromatic rings. The second kappa shape index (κ2) is 4.75. The molecule has 1 amide bonds. The first kappa shape index (κ1) is 11.5. The molecule has 4 nitrogen and oxygen atoms in total. The summed E-state index contributed by atoms with van der Waals surface area (Å²) in [6.45, 7) is 1.59. The fourth-order valence-electron chi connectivity index (χ4n) is 1.61. The third-order valence-corrected chi connectivity index (χ3v) is 2.74. The lowest BCUT2D eigenvalue weighted by Gasteiger charge is -2.37. The quantitative estimate of drug-likeness (QED) is 0.652. The van der Waals surface area contributed by atoms with Gasteiger partial charge in [-0.1, -0.05) is 0 Å². The van der Waals surface area contributed by atoms with Crippen molar-refractivity contribution in [2.24, 2.45) is 5.73 Å². The maximum atomic E-state index is 11.4. The van der Waals surface area contributed by atoms with Gasteiger partial charge in [-0.25, -0.2) is 0 Å². The van der Waals surface area contributed by atoms with Gasteiger partial charge in [0.25, 0.3) is 0 Å². The van der Waals surface area contributed by atoms with E-state index >= 15 is 0 Å². The minimum absolute atomic E-state index is 0.0917. The number of hydrogen-bond donors (Lipinski definition) is 2. The van der Waals surface area contributed by atoms with Gasteiger partial charge >= 0.3 is 0 Å². The minimum atomic E-state index is -0.192.